The molecule has 0 spiro atoms. The summed E-state index contributed by atoms with van der Waals surface area (Å²) in [5, 5.41) is 11.8. The maximum Gasteiger partial charge on any atom is 0.291 e. The van der Waals surface area contributed by atoms with Crippen molar-refractivity contribution in [2.45, 2.75) is 46.5 Å². The van der Waals surface area contributed by atoms with E-state index in [0.717, 1.165) is 30.7 Å². The summed E-state index contributed by atoms with van der Waals surface area (Å²) in [5.74, 6) is -0.267. The number of pyridine rings is 1. The van der Waals surface area contributed by atoms with E-state index >= 15 is 0 Å². The maximum atomic E-state index is 12.5. The number of carbonyl (C=O) groups excluding carboxylic acids is 1. The van der Waals surface area contributed by atoms with Gasteiger partial charge in [0.15, 0.2) is 5.82 Å². The van der Waals surface area contributed by atoms with Crippen molar-refractivity contribution in [3.63, 3.8) is 0 Å². The first-order chi connectivity index (χ1) is 12.4. The predicted octanol–water partition coefficient (Wildman–Crippen LogP) is 4.22. The third-order valence-electron chi connectivity index (χ3n) is 4.70. The minimum Gasteiger partial charge on any atom is -0.326 e. The number of imidazole rings is 1. The van der Waals surface area contributed by atoms with E-state index in [0.29, 0.717) is 5.69 Å². The Morgan fingerprint density at radius 3 is 2.92 bits per heavy atom. The van der Waals surface area contributed by atoms with Crippen LogP contribution in [0.4, 0.5) is 5.69 Å². The van der Waals surface area contributed by atoms with Gasteiger partial charge in [-0.05, 0) is 55.7 Å². The lowest BCUT2D eigenvalue weighted by atomic mass is 9.86. The summed E-state index contributed by atoms with van der Waals surface area (Å²) in [6.45, 7) is 6.51. The van der Waals surface area contributed by atoms with Crippen molar-refractivity contribution >= 4 is 17.2 Å². The first-order valence-corrected chi connectivity index (χ1v) is 8.81. The number of nitriles is 1. The van der Waals surface area contributed by atoms with E-state index < -0.39 is 0 Å². The van der Waals surface area contributed by atoms with Crippen LogP contribution < -0.4 is 5.32 Å². The van der Waals surface area contributed by atoms with Gasteiger partial charge in [0.25, 0.3) is 5.91 Å². The van der Waals surface area contributed by atoms with E-state index in [9.17, 15) is 4.79 Å². The van der Waals surface area contributed by atoms with Gasteiger partial charge in [0, 0.05) is 5.69 Å². The number of nitrogens with zero attached hydrogens (tertiary/aromatic N) is 3. The molecular formula is C20H23N5O. The van der Waals surface area contributed by atoms with Gasteiger partial charge in [-0.1, -0.05) is 19.9 Å². The molecule has 1 amide bonds. The van der Waals surface area contributed by atoms with E-state index in [1.807, 2.05) is 25.1 Å². The van der Waals surface area contributed by atoms with Gasteiger partial charge in [0.1, 0.15) is 11.8 Å². The molecule has 1 aliphatic carbocycles. The third-order valence-corrected chi connectivity index (χ3v) is 4.70. The zero-order valence-electron chi connectivity index (χ0n) is 15.4. The Morgan fingerprint density at radius 1 is 1.38 bits per heavy atom. The highest BCUT2D eigenvalue weighted by Gasteiger charge is 2.22. The first kappa shape index (κ1) is 17.9. The van der Waals surface area contributed by atoms with Crippen LogP contribution in [0.15, 0.2) is 24.4 Å². The molecule has 1 aliphatic rings. The fourth-order valence-electron chi connectivity index (χ4n) is 3.15. The fraction of sp³-hybridized carbons (Fsp3) is 0.400. The summed E-state index contributed by atoms with van der Waals surface area (Å²) in [5.41, 5.74) is 4.12. The summed E-state index contributed by atoms with van der Waals surface area (Å²) in [4.78, 5) is 23.8. The zero-order valence-corrected chi connectivity index (χ0v) is 15.4. The van der Waals surface area contributed by atoms with Crippen LogP contribution in [0.5, 0.6) is 0 Å². The number of nitrogens with one attached hydrogen (secondary N) is 2. The number of hydrogen-bond donors (Lipinski definition) is 2. The summed E-state index contributed by atoms with van der Waals surface area (Å²) in [6.07, 6.45) is 7.82. The number of carbonyl (C=O) groups is 1. The highest BCUT2D eigenvalue weighted by atomic mass is 16.2. The normalized spacial score (nSPS) is 16.3. The summed E-state index contributed by atoms with van der Waals surface area (Å²) in [7, 11) is 0. The van der Waals surface area contributed by atoms with Crippen LogP contribution in [-0.4, -0.2) is 20.9 Å². The quantitative estimate of drug-likeness (QED) is 0.867. The molecule has 0 aliphatic heterocycles. The van der Waals surface area contributed by atoms with Crippen molar-refractivity contribution in [3.05, 3.63) is 47.3 Å². The van der Waals surface area contributed by atoms with E-state index in [1.165, 1.54) is 18.2 Å². The minimum absolute atomic E-state index is 0.115. The van der Waals surface area contributed by atoms with Crippen LogP contribution in [0.2, 0.25) is 0 Å². The van der Waals surface area contributed by atoms with E-state index in [4.69, 9.17) is 5.26 Å². The second kappa shape index (κ2) is 7.12. The van der Waals surface area contributed by atoms with Crippen molar-refractivity contribution in [2.24, 2.45) is 5.41 Å². The lowest BCUT2D eigenvalue weighted by molar-refractivity contribution is 0.101. The number of hydrogen-bond acceptors (Lipinski definition) is 4. The SMILES string of the molecule is Cc1ccc(NC(=O)c2ncc(C#N)[nH]2)c(C2=CCC(C)(C)CCC2)n1. The Labute approximate surface area is 153 Å². The van der Waals surface area contributed by atoms with Crippen molar-refractivity contribution in [1.82, 2.24) is 15.0 Å². The Kier molecular flexibility index (Phi) is 4.90. The fourth-order valence-corrected chi connectivity index (χ4v) is 3.15. The van der Waals surface area contributed by atoms with Gasteiger partial charge in [-0.2, -0.15) is 5.26 Å². The number of amides is 1. The van der Waals surface area contributed by atoms with Gasteiger partial charge in [-0.3, -0.25) is 9.78 Å². The summed E-state index contributed by atoms with van der Waals surface area (Å²) >= 11 is 0. The molecule has 0 atom stereocenters. The van der Waals surface area contributed by atoms with Crippen LogP contribution in [0.3, 0.4) is 0 Å². The topological polar surface area (TPSA) is 94.5 Å². The van der Waals surface area contributed by atoms with Gasteiger partial charge in [0.2, 0.25) is 0 Å². The standard InChI is InChI=1S/C20H23N5O/c1-13-6-7-16(25-19(26)18-22-12-15(11-21)24-18)17(23-13)14-5-4-9-20(2,3)10-8-14/h6-8,12H,4-5,9-10H2,1-3H3,(H,22,24)(H,25,26). The van der Waals surface area contributed by atoms with Crippen LogP contribution in [0, 0.1) is 23.7 Å². The number of aromatic nitrogens is 3. The Bertz CT molecular complexity index is 901. The van der Waals surface area contributed by atoms with Crippen molar-refractivity contribution in [1.29, 1.82) is 5.26 Å². The number of aromatic amines is 1. The van der Waals surface area contributed by atoms with Gasteiger partial charge in [0.05, 0.1) is 17.6 Å². The van der Waals surface area contributed by atoms with Crippen molar-refractivity contribution in [3.8, 4) is 6.07 Å². The summed E-state index contributed by atoms with van der Waals surface area (Å²) < 4.78 is 0. The smallest absolute Gasteiger partial charge is 0.291 e. The van der Waals surface area contributed by atoms with Crippen LogP contribution in [0.1, 0.15) is 67.2 Å². The number of H-pyrrole nitrogens is 1. The molecule has 2 aromatic heterocycles. The Morgan fingerprint density at radius 2 is 2.19 bits per heavy atom. The molecule has 26 heavy (non-hydrogen) atoms. The van der Waals surface area contributed by atoms with Crippen LogP contribution in [0.25, 0.3) is 5.57 Å². The molecule has 6 nitrogen and oxygen atoms in total. The molecule has 134 valence electrons. The van der Waals surface area contributed by atoms with Crippen LogP contribution in [-0.2, 0) is 0 Å². The monoisotopic (exact) mass is 349 g/mol. The van der Waals surface area contributed by atoms with Gasteiger partial charge in [-0.15, -0.1) is 0 Å². The van der Waals surface area contributed by atoms with Gasteiger partial charge < -0.3 is 10.3 Å². The number of aryl methyl sites for hydroxylation is 1. The van der Waals surface area contributed by atoms with Crippen molar-refractivity contribution in [2.75, 3.05) is 5.32 Å². The zero-order chi connectivity index (χ0) is 18.7. The van der Waals surface area contributed by atoms with E-state index in [2.05, 4.69) is 40.2 Å². The second-order valence-electron chi connectivity index (χ2n) is 7.51. The highest BCUT2D eigenvalue weighted by Crippen LogP contribution is 2.37. The molecule has 0 unspecified atom stereocenters. The largest absolute Gasteiger partial charge is 0.326 e. The Balaban J connectivity index is 1.90. The summed E-state index contributed by atoms with van der Waals surface area (Å²) in [6, 6.07) is 5.69. The van der Waals surface area contributed by atoms with Gasteiger partial charge >= 0.3 is 0 Å². The lowest BCUT2D eigenvalue weighted by Gasteiger charge is -2.20. The molecule has 2 heterocycles. The average molecular weight is 349 g/mol. The molecule has 0 bridgehead atoms. The number of anilines is 1. The Hall–Kier alpha value is -2.94. The molecule has 0 saturated heterocycles. The first-order valence-electron chi connectivity index (χ1n) is 8.81. The molecule has 0 aromatic carbocycles. The number of rotatable bonds is 3. The second-order valence-corrected chi connectivity index (χ2v) is 7.51. The van der Waals surface area contributed by atoms with Gasteiger partial charge in [-0.25, -0.2) is 4.98 Å². The number of allylic oxidation sites excluding steroid dienone is 2. The van der Waals surface area contributed by atoms with E-state index in [1.54, 1.807) is 0 Å². The molecule has 2 N–H and O–H groups in total. The average Bonchev–Trinajstić information content (AvgIpc) is 3.01. The third kappa shape index (κ3) is 3.99. The van der Waals surface area contributed by atoms with Crippen molar-refractivity contribution < 1.29 is 4.79 Å². The molecule has 0 saturated carbocycles. The minimum atomic E-state index is -0.382. The maximum absolute atomic E-state index is 12.5. The molecule has 3 rings (SSSR count). The lowest BCUT2D eigenvalue weighted by Crippen LogP contribution is -2.15. The predicted molar refractivity (Wildman–Crippen MR) is 100 cm³/mol. The molecule has 2 aromatic rings. The molecule has 6 heteroatoms. The molecule has 0 fully saturated rings. The molecular weight excluding hydrogens is 326 g/mol. The van der Waals surface area contributed by atoms with Crippen LogP contribution >= 0.6 is 0 Å². The molecule has 0 radical (unpaired) electrons. The van der Waals surface area contributed by atoms with E-state index in [-0.39, 0.29) is 22.8 Å². The highest BCUT2D eigenvalue weighted by molar-refractivity contribution is 6.03.